The number of unbranched alkanes of at least 4 members (excludes halogenated alkanes) is 1. The Labute approximate surface area is 177 Å². The zero-order chi connectivity index (χ0) is 22.1. The molecule has 1 aliphatic carbocycles. The number of nitrogens with one attached hydrogen (secondary N) is 1. The van der Waals surface area contributed by atoms with Gasteiger partial charge in [-0.05, 0) is 38.7 Å². The first-order chi connectivity index (χ1) is 14.3. The number of ether oxygens (including phenoxy) is 1. The van der Waals surface area contributed by atoms with Crippen LogP contribution >= 0.6 is 0 Å². The highest BCUT2D eigenvalue weighted by Gasteiger charge is 2.23. The molecule has 168 valence electrons. The molecule has 1 amide bonds. The van der Waals surface area contributed by atoms with Crippen LogP contribution in [0.4, 0.5) is 10.1 Å². The van der Waals surface area contributed by atoms with Crippen LogP contribution in [0.15, 0.2) is 12.1 Å². The quantitative estimate of drug-likeness (QED) is 0.285. The lowest BCUT2D eigenvalue weighted by Crippen LogP contribution is -2.26. The molecule has 1 saturated carbocycles. The van der Waals surface area contributed by atoms with Crippen molar-refractivity contribution in [3.63, 3.8) is 0 Å². The zero-order valence-electron chi connectivity index (χ0n) is 17.9. The van der Waals surface area contributed by atoms with Crippen LogP contribution in [0, 0.1) is 21.8 Å². The van der Waals surface area contributed by atoms with Gasteiger partial charge in [0, 0.05) is 13.0 Å². The average Bonchev–Trinajstić information content (AvgIpc) is 3.20. The van der Waals surface area contributed by atoms with Gasteiger partial charge in [-0.1, -0.05) is 38.5 Å². The molecule has 0 aliphatic heterocycles. The molecule has 7 nitrogen and oxygen atoms in total. The van der Waals surface area contributed by atoms with Crippen molar-refractivity contribution in [3.05, 3.63) is 33.6 Å². The van der Waals surface area contributed by atoms with Crippen molar-refractivity contribution in [2.45, 2.75) is 83.8 Å². The third-order valence-electron chi connectivity index (χ3n) is 5.67. The van der Waals surface area contributed by atoms with Crippen molar-refractivity contribution in [2.24, 2.45) is 5.92 Å². The first-order valence-corrected chi connectivity index (χ1v) is 10.9. The van der Waals surface area contributed by atoms with Gasteiger partial charge in [0.2, 0.25) is 5.91 Å². The molecule has 0 bridgehead atoms. The smallest absolute Gasteiger partial charge is 0.279 e. The summed E-state index contributed by atoms with van der Waals surface area (Å²) in [5.41, 5.74) is -0.506. The second-order valence-electron chi connectivity index (χ2n) is 8.24. The van der Waals surface area contributed by atoms with E-state index in [1.165, 1.54) is 39.0 Å². The minimum absolute atomic E-state index is 0.0813. The molecule has 8 heteroatoms. The number of carbonyl (C=O) groups excluding carboxylic acids is 1. The molecule has 1 aromatic carbocycles. The minimum atomic E-state index is -1.17. The number of hydrogen-bond acceptors (Lipinski definition) is 5. The first kappa shape index (κ1) is 24.1. The van der Waals surface area contributed by atoms with Crippen molar-refractivity contribution < 1.29 is 24.0 Å². The number of hydrogen-bond donors (Lipinski definition) is 2. The number of nitro groups is 1. The molecule has 0 heterocycles. The number of halogens is 1. The molecule has 30 heavy (non-hydrogen) atoms. The molecule has 2 atom stereocenters. The van der Waals surface area contributed by atoms with Gasteiger partial charge in [0.25, 0.3) is 5.69 Å². The summed E-state index contributed by atoms with van der Waals surface area (Å²) in [5.74, 6) is -0.257. The normalized spacial score (nSPS) is 16.3. The summed E-state index contributed by atoms with van der Waals surface area (Å²) in [6, 6.07) is 1.90. The van der Waals surface area contributed by atoms with Gasteiger partial charge in [0.1, 0.15) is 0 Å². The van der Waals surface area contributed by atoms with Crippen molar-refractivity contribution in [3.8, 4) is 5.75 Å². The summed E-state index contributed by atoms with van der Waals surface area (Å²) in [6.45, 7) is 3.67. The summed E-state index contributed by atoms with van der Waals surface area (Å²) in [7, 11) is 0. The first-order valence-electron chi connectivity index (χ1n) is 10.9. The Bertz CT molecular complexity index is 720. The summed E-state index contributed by atoms with van der Waals surface area (Å²) >= 11 is 0. The minimum Gasteiger partial charge on any atom is -0.487 e. The molecule has 0 spiro atoms. The van der Waals surface area contributed by atoms with Gasteiger partial charge < -0.3 is 15.2 Å². The van der Waals surface area contributed by atoms with E-state index in [0.29, 0.717) is 13.0 Å². The molecule has 1 fully saturated rings. The highest BCUT2D eigenvalue weighted by atomic mass is 19.1. The molecule has 0 aromatic heterocycles. The van der Waals surface area contributed by atoms with Crippen LogP contribution < -0.4 is 10.1 Å². The van der Waals surface area contributed by atoms with E-state index in [1.807, 2.05) is 0 Å². The molecule has 2 unspecified atom stereocenters. The number of aliphatic hydroxyl groups is 1. The van der Waals surface area contributed by atoms with Crippen LogP contribution in [0.25, 0.3) is 0 Å². The van der Waals surface area contributed by atoms with Crippen LogP contribution in [-0.4, -0.2) is 28.6 Å². The fourth-order valence-corrected chi connectivity index (χ4v) is 3.92. The van der Waals surface area contributed by atoms with Crippen LogP contribution in [0.3, 0.4) is 0 Å². The fourth-order valence-electron chi connectivity index (χ4n) is 3.92. The fraction of sp³-hybridized carbons (Fsp3) is 0.682. The topological polar surface area (TPSA) is 102 Å². The van der Waals surface area contributed by atoms with E-state index in [9.17, 15) is 24.4 Å². The molecular weight excluding hydrogens is 391 g/mol. The number of nitro benzene ring substituents is 1. The Morgan fingerprint density at radius 3 is 2.67 bits per heavy atom. The van der Waals surface area contributed by atoms with E-state index in [4.69, 9.17) is 4.74 Å². The van der Waals surface area contributed by atoms with Gasteiger partial charge in [-0.15, -0.1) is 0 Å². The van der Waals surface area contributed by atoms with E-state index in [-0.39, 0.29) is 23.6 Å². The van der Waals surface area contributed by atoms with E-state index in [0.717, 1.165) is 30.9 Å². The predicted molar refractivity (Wildman–Crippen MR) is 112 cm³/mol. The zero-order valence-corrected chi connectivity index (χ0v) is 17.9. The van der Waals surface area contributed by atoms with Crippen LogP contribution in [0.5, 0.6) is 5.75 Å². The van der Waals surface area contributed by atoms with Gasteiger partial charge in [-0.25, -0.2) is 4.39 Å². The monoisotopic (exact) mass is 424 g/mol. The third-order valence-corrected chi connectivity index (χ3v) is 5.67. The van der Waals surface area contributed by atoms with Crippen LogP contribution in [0.1, 0.15) is 83.3 Å². The number of aliphatic hydroxyl groups excluding tert-OH is 1. The number of amides is 1. The summed E-state index contributed by atoms with van der Waals surface area (Å²) in [4.78, 5) is 22.5. The molecule has 1 aliphatic rings. The van der Waals surface area contributed by atoms with E-state index in [1.54, 1.807) is 6.92 Å². The molecule has 0 radical (unpaired) electrons. The Hall–Kier alpha value is -2.22. The number of benzene rings is 1. The lowest BCUT2D eigenvalue weighted by atomic mass is 10.0. The maximum Gasteiger partial charge on any atom is 0.279 e. The standard InChI is InChI=1S/C22H33FN2O5/c1-15(10-11-22(27)24-12-6-5-9-17-7-3-4-8-17)30-21-14-20(25(28)29)18(16(2)26)13-19(21)23/h13-17,26H,3-12H2,1-2H3,(H,24,27). The largest absolute Gasteiger partial charge is 0.487 e. The van der Waals surface area contributed by atoms with Gasteiger partial charge in [0.15, 0.2) is 11.6 Å². The highest BCUT2D eigenvalue weighted by molar-refractivity contribution is 5.75. The maximum absolute atomic E-state index is 14.2. The van der Waals surface area contributed by atoms with E-state index < -0.39 is 28.6 Å². The van der Waals surface area contributed by atoms with Crippen LogP contribution in [0.2, 0.25) is 0 Å². The predicted octanol–water partition coefficient (Wildman–Crippen LogP) is 4.81. The van der Waals surface area contributed by atoms with Crippen molar-refractivity contribution >= 4 is 11.6 Å². The van der Waals surface area contributed by atoms with Crippen molar-refractivity contribution in [1.29, 1.82) is 0 Å². The van der Waals surface area contributed by atoms with Gasteiger partial charge in [-0.2, -0.15) is 0 Å². The summed E-state index contributed by atoms with van der Waals surface area (Å²) in [6.07, 6.45) is 7.66. The highest BCUT2D eigenvalue weighted by Crippen LogP contribution is 2.32. The van der Waals surface area contributed by atoms with Gasteiger partial charge >= 0.3 is 0 Å². The lowest BCUT2D eigenvalue weighted by Gasteiger charge is -2.16. The average molecular weight is 425 g/mol. The molecule has 2 rings (SSSR count). The lowest BCUT2D eigenvalue weighted by molar-refractivity contribution is -0.386. The van der Waals surface area contributed by atoms with E-state index in [2.05, 4.69) is 5.32 Å². The molecule has 2 N–H and O–H groups in total. The molecule has 1 aromatic rings. The van der Waals surface area contributed by atoms with Crippen molar-refractivity contribution in [2.75, 3.05) is 6.54 Å². The maximum atomic E-state index is 14.2. The molecule has 0 saturated heterocycles. The number of nitrogens with zero attached hydrogens (tertiary/aromatic N) is 1. The number of carbonyl (C=O) groups is 1. The second-order valence-corrected chi connectivity index (χ2v) is 8.24. The Kier molecular flexibility index (Phi) is 9.49. The SMILES string of the molecule is CC(CCC(=O)NCCCCC1CCCC1)Oc1cc([N+](=O)[O-])c(C(C)O)cc1F. The van der Waals surface area contributed by atoms with E-state index >= 15 is 0 Å². The second kappa shape index (κ2) is 11.8. The van der Waals surface area contributed by atoms with Gasteiger partial charge in [-0.3, -0.25) is 14.9 Å². The Morgan fingerprint density at radius 2 is 2.03 bits per heavy atom. The van der Waals surface area contributed by atoms with Crippen LogP contribution in [-0.2, 0) is 4.79 Å². The van der Waals surface area contributed by atoms with Crippen molar-refractivity contribution in [1.82, 2.24) is 5.32 Å². The summed E-state index contributed by atoms with van der Waals surface area (Å²) in [5, 5.41) is 23.7. The van der Waals surface area contributed by atoms with Gasteiger partial charge in [0.05, 0.1) is 28.8 Å². The summed E-state index contributed by atoms with van der Waals surface area (Å²) < 4.78 is 19.7. The number of rotatable bonds is 12. The third kappa shape index (κ3) is 7.55. The molecular formula is C22H33FN2O5. The Balaban J connectivity index is 1.73. The Morgan fingerprint density at radius 1 is 1.33 bits per heavy atom.